The van der Waals surface area contributed by atoms with Crippen LogP contribution in [-0.2, 0) is 21.8 Å². The lowest BCUT2D eigenvalue weighted by atomic mass is 10.1. The van der Waals surface area contributed by atoms with Gasteiger partial charge in [-0.25, -0.2) is 9.67 Å². The van der Waals surface area contributed by atoms with Crippen molar-refractivity contribution in [3.63, 3.8) is 0 Å². The van der Waals surface area contributed by atoms with Gasteiger partial charge in [0.1, 0.15) is 31.9 Å². The number of para-hydroxylation sites is 2. The van der Waals surface area contributed by atoms with Gasteiger partial charge in [-0.1, -0.05) is 35.9 Å². The monoisotopic (exact) mass is 415 g/mol. The van der Waals surface area contributed by atoms with Crippen molar-refractivity contribution >= 4 is 11.6 Å². The molecule has 4 rings (SSSR count). The molecule has 3 aromatic rings. The maximum absolute atomic E-state index is 6.35. The Hall–Kier alpha value is -2.61. The van der Waals surface area contributed by atoms with Crippen LogP contribution in [0.2, 0.25) is 5.02 Å². The quantitative estimate of drug-likeness (QED) is 0.559. The predicted octanol–water partition coefficient (Wildman–Crippen LogP) is 3.68. The van der Waals surface area contributed by atoms with Crippen LogP contribution in [0.15, 0.2) is 61.2 Å². The van der Waals surface area contributed by atoms with Gasteiger partial charge in [-0.15, -0.1) is 0 Å². The number of hydrogen-bond acceptors (Lipinski definition) is 6. The summed E-state index contributed by atoms with van der Waals surface area (Å²) in [5.41, 5.74) is 0.856. The van der Waals surface area contributed by atoms with Crippen LogP contribution in [0.4, 0.5) is 0 Å². The molecule has 0 aliphatic carbocycles. The van der Waals surface area contributed by atoms with E-state index in [-0.39, 0.29) is 6.10 Å². The Balaban J connectivity index is 1.49. The molecule has 29 heavy (non-hydrogen) atoms. The van der Waals surface area contributed by atoms with Crippen molar-refractivity contribution in [1.82, 2.24) is 14.8 Å². The summed E-state index contributed by atoms with van der Waals surface area (Å²) >= 11 is 6.05. The lowest BCUT2D eigenvalue weighted by Crippen LogP contribution is -2.34. The van der Waals surface area contributed by atoms with E-state index in [1.807, 2.05) is 55.5 Å². The topological polar surface area (TPSA) is 67.6 Å². The van der Waals surface area contributed by atoms with Crippen molar-refractivity contribution in [2.75, 3.05) is 19.8 Å². The minimum absolute atomic E-state index is 0.260. The first kappa shape index (κ1) is 19.7. The summed E-state index contributed by atoms with van der Waals surface area (Å²) in [6, 6.07) is 15.0. The van der Waals surface area contributed by atoms with Crippen LogP contribution in [0.1, 0.15) is 12.5 Å². The van der Waals surface area contributed by atoms with Crippen LogP contribution in [0.25, 0.3) is 0 Å². The van der Waals surface area contributed by atoms with E-state index in [9.17, 15) is 0 Å². The van der Waals surface area contributed by atoms with Crippen molar-refractivity contribution in [1.29, 1.82) is 0 Å². The number of hydrogen-bond donors (Lipinski definition) is 0. The summed E-state index contributed by atoms with van der Waals surface area (Å²) in [4.78, 5) is 4.01. The Bertz CT molecular complexity index is 920. The van der Waals surface area contributed by atoms with Gasteiger partial charge in [0.2, 0.25) is 5.79 Å². The summed E-state index contributed by atoms with van der Waals surface area (Å²) in [5.74, 6) is 0.393. The van der Waals surface area contributed by atoms with Gasteiger partial charge >= 0.3 is 0 Å². The van der Waals surface area contributed by atoms with Crippen LogP contribution in [0.5, 0.6) is 11.5 Å². The van der Waals surface area contributed by atoms with Crippen LogP contribution in [0.3, 0.4) is 0 Å². The first-order valence-electron chi connectivity index (χ1n) is 9.43. The highest BCUT2D eigenvalue weighted by Crippen LogP contribution is 2.37. The first-order chi connectivity index (χ1) is 14.2. The third-order valence-corrected chi connectivity index (χ3v) is 4.81. The second kappa shape index (κ2) is 8.82. The van der Waals surface area contributed by atoms with Gasteiger partial charge in [0, 0.05) is 10.6 Å². The molecule has 0 saturated carbocycles. The molecule has 8 heteroatoms. The average molecular weight is 416 g/mol. The molecule has 1 saturated heterocycles. The zero-order valence-corrected chi connectivity index (χ0v) is 16.8. The fourth-order valence-electron chi connectivity index (χ4n) is 3.23. The average Bonchev–Trinajstić information content (AvgIpc) is 3.39. The number of benzene rings is 2. The molecule has 0 amide bonds. The van der Waals surface area contributed by atoms with Crippen LogP contribution < -0.4 is 9.47 Å². The van der Waals surface area contributed by atoms with E-state index in [2.05, 4.69) is 10.1 Å². The van der Waals surface area contributed by atoms with E-state index in [0.717, 1.165) is 5.56 Å². The summed E-state index contributed by atoms with van der Waals surface area (Å²) in [6.45, 7) is 3.59. The summed E-state index contributed by atoms with van der Waals surface area (Å²) in [5, 5.41) is 4.84. The first-order valence-corrected chi connectivity index (χ1v) is 9.81. The van der Waals surface area contributed by atoms with Gasteiger partial charge in [0.15, 0.2) is 11.5 Å². The van der Waals surface area contributed by atoms with Crippen LogP contribution in [0, 0.1) is 0 Å². The fourth-order valence-corrected chi connectivity index (χ4v) is 3.36. The third kappa shape index (κ3) is 4.53. The van der Waals surface area contributed by atoms with Crippen molar-refractivity contribution in [3.05, 3.63) is 71.8 Å². The molecule has 1 aliphatic rings. The number of ether oxygens (including phenoxy) is 4. The van der Waals surface area contributed by atoms with Crippen molar-refractivity contribution in [2.24, 2.45) is 0 Å². The van der Waals surface area contributed by atoms with Crippen molar-refractivity contribution in [2.45, 2.75) is 25.4 Å². The molecule has 1 fully saturated rings. The van der Waals surface area contributed by atoms with E-state index in [0.29, 0.717) is 42.9 Å². The molecule has 7 nitrogen and oxygen atoms in total. The SMILES string of the molecule is CCOc1ccccc1OCC1COC(Cn2cncn2)(c2ccc(Cl)cc2)O1. The molecular weight excluding hydrogens is 394 g/mol. The molecule has 2 atom stereocenters. The van der Waals surface area contributed by atoms with Gasteiger partial charge < -0.3 is 18.9 Å². The molecule has 0 bridgehead atoms. The smallest absolute Gasteiger partial charge is 0.215 e. The van der Waals surface area contributed by atoms with Crippen molar-refractivity contribution < 1.29 is 18.9 Å². The molecule has 0 N–H and O–H groups in total. The minimum Gasteiger partial charge on any atom is -0.490 e. The summed E-state index contributed by atoms with van der Waals surface area (Å²) < 4.78 is 25.8. The maximum Gasteiger partial charge on any atom is 0.215 e. The van der Waals surface area contributed by atoms with E-state index >= 15 is 0 Å². The molecular formula is C21H22ClN3O4. The third-order valence-electron chi connectivity index (χ3n) is 4.55. The Labute approximate surface area is 174 Å². The number of aromatic nitrogens is 3. The highest BCUT2D eigenvalue weighted by atomic mass is 35.5. The molecule has 0 radical (unpaired) electrons. The number of rotatable bonds is 8. The Morgan fingerprint density at radius 3 is 2.59 bits per heavy atom. The molecule has 1 aromatic heterocycles. The second-order valence-corrected chi connectivity index (χ2v) is 7.03. The van der Waals surface area contributed by atoms with Crippen molar-refractivity contribution in [3.8, 4) is 11.5 Å². The van der Waals surface area contributed by atoms with Gasteiger partial charge in [-0.05, 0) is 31.2 Å². The van der Waals surface area contributed by atoms with Crippen LogP contribution in [-0.4, -0.2) is 40.7 Å². The molecule has 2 unspecified atom stereocenters. The second-order valence-electron chi connectivity index (χ2n) is 6.59. The Morgan fingerprint density at radius 2 is 1.90 bits per heavy atom. The molecule has 2 aromatic carbocycles. The fraction of sp³-hybridized carbons (Fsp3) is 0.333. The van der Waals surface area contributed by atoms with E-state index in [4.69, 9.17) is 30.5 Å². The zero-order chi connectivity index (χ0) is 20.1. The molecule has 2 heterocycles. The highest BCUT2D eigenvalue weighted by molar-refractivity contribution is 6.30. The highest BCUT2D eigenvalue weighted by Gasteiger charge is 2.44. The predicted molar refractivity (Wildman–Crippen MR) is 107 cm³/mol. The summed E-state index contributed by atoms with van der Waals surface area (Å²) in [7, 11) is 0. The lowest BCUT2D eigenvalue weighted by molar-refractivity contribution is -0.190. The Kier molecular flexibility index (Phi) is 5.99. The van der Waals surface area contributed by atoms with Gasteiger partial charge in [0.25, 0.3) is 0 Å². The molecule has 152 valence electrons. The van der Waals surface area contributed by atoms with Gasteiger partial charge in [0.05, 0.1) is 13.2 Å². The molecule has 0 spiro atoms. The lowest BCUT2D eigenvalue weighted by Gasteiger charge is -2.28. The number of nitrogens with zero attached hydrogens (tertiary/aromatic N) is 3. The van der Waals surface area contributed by atoms with Gasteiger partial charge in [-0.2, -0.15) is 5.10 Å². The largest absolute Gasteiger partial charge is 0.490 e. The van der Waals surface area contributed by atoms with E-state index in [1.165, 1.54) is 6.33 Å². The van der Waals surface area contributed by atoms with Gasteiger partial charge in [-0.3, -0.25) is 0 Å². The Morgan fingerprint density at radius 1 is 1.14 bits per heavy atom. The molecule has 1 aliphatic heterocycles. The normalized spacial score (nSPS) is 21.2. The van der Waals surface area contributed by atoms with E-state index < -0.39 is 5.79 Å². The maximum atomic E-state index is 6.35. The van der Waals surface area contributed by atoms with Crippen LogP contribution >= 0.6 is 11.6 Å². The zero-order valence-electron chi connectivity index (χ0n) is 16.0. The summed E-state index contributed by atoms with van der Waals surface area (Å²) in [6.07, 6.45) is 2.85. The standard InChI is InChI=1S/C21H22ClN3O4/c1-2-26-19-5-3-4-6-20(19)27-11-18-12-28-21(29-18,13-25-15-23-14-24-25)16-7-9-17(22)10-8-16/h3-10,14-15,18H,2,11-13H2,1H3. The number of halogens is 1. The van der Waals surface area contributed by atoms with E-state index in [1.54, 1.807) is 11.0 Å². The minimum atomic E-state index is -0.994.